The molecule has 3 rings (SSSR count). The summed E-state index contributed by atoms with van der Waals surface area (Å²) in [6.45, 7) is 3.14. The highest BCUT2D eigenvalue weighted by atomic mass is 16.5. The highest BCUT2D eigenvalue weighted by molar-refractivity contribution is 5.95. The zero-order valence-electron chi connectivity index (χ0n) is 16.8. The number of methoxy groups -OCH3 is 1. The lowest BCUT2D eigenvalue weighted by molar-refractivity contribution is -0.682. The summed E-state index contributed by atoms with van der Waals surface area (Å²) in [6.07, 6.45) is 0. The molecule has 0 aliphatic rings. The molecular weight excluding hydrogens is 364 g/mol. The Morgan fingerprint density at radius 3 is 2.38 bits per heavy atom. The summed E-state index contributed by atoms with van der Waals surface area (Å²) in [5, 5.41) is 5.02. The number of hydrogen-bond acceptors (Lipinski definition) is 3. The van der Waals surface area contributed by atoms with Crippen LogP contribution in [0.2, 0.25) is 0 Å². The van der Waals surface area contributed by atoms with Gasteiger partial charge in [-0.15, -0.1) is 0 Å². The lowest BCUT2D eigenvalue weighted by Crippen LogP contribution is -2.88. The number of anilines is 1. The third kappa shape index (κ3) is 5.83. The quantitative estimate of drug-likeness (QED) is 0.550. The number of aryl methyl sites for hydroxylation is 1. The fourth-order valence-electron chi connectivity index (χ4n) is 3.11. The second-order valence-electron chi connectivity index (χ2n) is 6.77. The first-order valence-corrected chi connectivity index (χ1v) is 9.69. The molecule has 1 amide bonds. The molecule has 5 heteroatoms. The number of benzene rings is 3. The summed E-state index contributed by atoms with van der Waals surface area (Å²) in [5.41, 5.74) is 2.67. The summed E-state index contributed by atoms with van der Waals surface area (Å²) in [5.74, 6) is 1.37. The fourth-order valence-corrected chi connectivity index (χ4v) is 3.11. The zero-order chi connectivity index (χ0) is 20.5. The van der Waals surface area contributed by atoms with Gasteiger partial charge in [0.25, 0.3) is 5.91 Å². The van der Waals surface area contributed by atoms with Crippen LogP contribution in [0.25, 0.3) is 0 Å². The van der Waals surface area contributed by atoms with Gasteiger partial charge in [-0.05, 0) is 36.8 Å². The number of quaternary nitrogens is 1. The molecule has 0 radical (unpaired) electrons. The molecule has 0 aliphatic carbocycles. The lowest BCUT2D eigenvalue weighted by Gasteiger charge is -2.17. The Bertz CT molecular complexity index is 914. The van der Waals surface area contributed by atoms with Gasteiger partial charge in [-0.3, -0.25) is 4.79 Å². The van der Waals surface area contributed by atoms with Crippen LogP contribution < -0.4 is 20.1 Å². The molecule has 0 saturated carbocycles. The van der Waals surface area contributed by atoms with Crippen LogP contribution in [0.5, 0.6) is 11.5 Å². The first-order chi connectivity index (χ1) is 14.2. The summed E-state index contributed by atoms with van der Waals surface area (Å²) in [4.78, 5) is 13.1. The van der Waals surface area contributed by atoms with E-state index in [0.717, 1.165) is 16.9 Å². The molecule has 150 valence electrons. The Balaban J connectivity index is 1.68. The first-order valence-electron chi connectivity index (χ1n) is 9.69. The lowest BCUT2D eigenvalue weighted by atomic mass is 10.1. The highest BCUT2D eigenvalue weighted by Gasteiger charge is 2.24. The van der Waals surface area contributed by atoms with Gasteiger partial charge >= 0.3 is 0 Å². The normalized spacial score (nSPS) is 11.5. The first kappa shape index (κ1) is 20.4. The molecule has 3 N–H and O–H groups in total. The molecule has 0 aromatic heterocycles. The number of nitrogens with one attached hydrogen (secondary N) is 1. The predicted molar refractivity (Wildman–Crippen MR) is 114 cm³/mol. The average Bonchev–Trinajstić information content (AvgIpc) is 2.75. The van der Waals surface area contributed by atoms with Crippen LogP contribution in [0.4, 0.5) is 5.69 Å². The van der Waals surface area contributed by atoms with Gasteiger partial charge in [-0.25, -0.2) is 0 Å². The van der Waals surface area contributed by atoms with Crippen LogP contribution in [0.3, 0.4) is 0 Å². The van der Waals surface area contributed by atoms with Crippen molar-refractivity contribution in [2.75, 3.05) is 25.6 Å². The van der Waals surface area contributed by atoms with E-state index in [1.165, 1.54) is 0 Å². The van der Waals surface area contributed by atoms with Crippen LogP contribution >= 0.6 is 0 Å². The minimum Gasteiger partial charge on any atom is -0.495 e. The Morgan fingerprint density at radius 2 is 1.69 bits per heavy atom. The van der Waals surface area contributed by atoms with Crippen LogP contribution in [-0.2, 0) is 4.79 Å². The van der Waals surface area contributed by atoms with E-state index in [2.05, 4.69) is 5.32 Å². The maximum Gasteiger partial charge on any atom is 0.287 e. The van der Waals surface area contributed by atoms with Gasteiger partial charge in [0.2, 0.25) is 0 Å². The molecule has 0 aliphatic heterocycles. The minimum absolute atomic E-state index is 0.0974. The number of carbonyl (C=O) groups excluding carboxylic acids is 1. The maximum absolute atomic E-state index is 13.1. The number of rotatable bonds is 9. The SMILES string of the molecule is COc1ccc(C)cc1NC(=O)[C@@H]([NH2+]CCOc1ccccc1)c1ccccc1. The Labute approximate surface area is 171 Å². The van der Waals surface area contributed by atoms with E-state index >= 15 is 0 Å². The summed E-state index contributed by atoms with van der Waals surface area (Å²) in [6, 6.07) is 24.8. The monoisotopic (exact) mass is 391 g/mol. The van der Waals surface area contributed by atoms with Crippen molar-refractivity contribution in [3.05, 3.63) is 90.0 Å². The Kier molecular flexibility index (Phi) is 7.25. The van der Waals surface area contributed by atoms with Crippen molar-refractivity contribution in [3.8, 4) is 11.5 Å². The zero-order valence-corrected chi connectivity index (χ0v) is 16.8. The molecular formula is C24H27N2O3+. The molecule has 29 heavy (non-hydrogen) atoms. The standard InChI is InChI=1S/C24H26N2O3/c1-18-13-14-22(28-2)21(17-18)26-24(27)23(19-9-5-3-6-10-19)25-15-16-29-20-11-7-4-8-12-20/h3-14,17,23,25H,15-16H2,1-2H3,(H,26,27)/p+1/t23-/m0/s1. The van der Waals surface area contributed by atoms with Gasteiger partial charge in [-0.2, -0.15) is 0 Å². The molecule has 1 atom stereocenters. The second-order valence-corrected chi connectivity index (χ2v) is 6.77. The van der Waals surface area contributed by atoms with Crippen LogP contribution in [-0.4, -0.2) is 26.2 Å². The van der Waals surface area contributed by atoms with E-state index in [1.807, 2.05) is 91.1 Å². The Hall–Kier alpha value is -3.31. The van der Waals surface area contributed by atoms with Crippen LogP contribution in [0.15, 0.2) is 78.9 Å². The number of amides is 1. The maximum atomic E-state index is 13.1. The van der Waals surface area contributed by atoms with Crippen molar-refractivity contribution < 1.29 is 19.6 Å². The highest BCUT2D eigenvalue weighted by Crippen LogP contribution is 2.26. The molecule has 0 unspecified atom stereocenters. The predicted octanol–water partition coefficient (Wildman–Crippen LogP) is 3.33. The van der Waals surface area contributed by atoms with Gasteiger partial charge in [0, 0.05) is 5.56 Å². The fraction of sp³-hybridized carbons (Fsp3) is 0.208. The molecule has 5 nitrogen and oxygen atoms in total. The van der Waals surface area contributed by atoms with Gasteiger partial charge in [0.05, 0.1) is 12.8 Å². The van der Waals surface area contributed by atoms with Crippen molar-refractivity contribution >= 4 is 11.6 Å². The smallest absolute Gasteiger partial charge is 0.287 e. The summed E-state index contributed by atoms with van der Waals surface area (Å²) < 4.78 is 11.1. The van der Waals surface area contributed by atoms with Crippen LogP contribution in [0, 0.1) is 6.92 Å². The molecule has 0 saturated heterocycles. The number of hydrogen-bond donors (Lipinski definition) is 2. The van der Waals surface area contributed by atoms with Crippen molar-refractivity contribution in [1.29, 1.82) is 0 Å². The second kappa shape index (κ2) is 10.3. The summed E-state index contributed by atoms with van der Waals surface area (Å²) >= 11 is 0. The van der Waals surface area contributed by atoms with E-state index in [0.29, 0.717) is 24.6 Å². The molecule has 0 fully saturated rings. The van der Waals surface area contributed by atoms with E-state index in [1.54, 1.807) is 7.11 Å². The molecule has 0 spiro atoms. The molecule has 3 aromatic carbocycles. The largest absolute Gasteiger partial charge is 0.495 e. The van der Waals surface area contributed by atoms with Crippen molar-refractivity contribution in [3.63, 3.8) is 0 Å². The third-order valence-electron chi connectivity index (χ3n) is 4.59. The van der Waals surface area contributed by atoms with Gasteiger partial charge in [-0.1, -0.05) is 54.6 Å². The summed E-state index contributed by atoms with van der Waals surface area (Å²) in [7, 11) is 1.60. The number of nitrogens with two attached hydrogens (primary N) is 1. The average molecular weight is 391 g/mol. The minimum atomic E-state index is -0.388. The number of carbonyl (C=O) groups is 1. The van der Waals surface area contributed by atoms with Crippen LogP contribution in [0.1, 0.15) is 17.2 Å². The van der Waals surface area contributed by atoms with Gasteiger partial charge in [0.1, 0.15) is 24.7 Å². The molecule has 0 heterocycles. The van der Waals surface area contributed by atoms with E-state index in [9.17, 15) is 4.79 Å². The van der Waals surface area contributed by atoms with Crippen molar-refractivity contribution in [2.24, 2.45) is 0 Å². The van der Waals surface area contributed by atoms with Crippen molar-refractivity contribution in [1.82, 2.24) is 0 Å². The van der Waals surface area contributed by atoms with E-state index in [4.69, 9.17) is 9.47 Å². The Morgan fingerprint density at radius 1 is 1.00 bits per heavy atom. The van der Waals surface area contributed by atoms with E-state index in [-0.39, 0.29) is 11.9 Å². The topological polar surface area (TPSA) is 64.2 Å². The van der Waals surface area contributed by atoms with E-state index < -0.39 is 0 Å². The van der Waals surface area contributed by atoms with Gasteiger partial charge < -0.3 is 20.1 Å². The van der Waals surface area contributed by atoms with Gasteiger partial charge in [0.15, 0.2) is 6.04 Å². The molecule has 0 bridgehead atoms. The number of para-hydroxylation sites is 1. The number of ether oxygens (including phenoxy) is 2. The van der Waals surface area contributed by atoms with Crippen molar-refractivity contribution in [2.45, 2.75) is 13.0 Å². The molecule has 3 aromatic rings. The third-order valence-corrected chi connectivity index (χ3v) is 4.59.